The third kappa shape index (κ3) is 3.44. The van der Waals surface area contributed by atoms with Gasteiger partial charge >= 0.3 is 5.97 Å². The van der Waals surface area contributed by atoms with Crippen LogP contribution in [0.15, 0.2) is 10.5 Å². The Morgan fingerprint density at radius 2 is 2.14 bits per heavy atom. The fourth-order valence-electron chi connectivity index (χ4n) is 2.60. The van der Waals surface area contributed by atoms with Gasteiger partial charge in [-0.05, 0) is 18.1 Å². The highest BCUT2D eigenvalue weighted by Crippen LogP contribution is 2.21. The van der Waals surface area contributed by atoms with Gasteiger partial charge in [0.15, 0.2) is 5.76 Å². The van der Waals surface area contributed by atoms with Crippen molar-refractivity contribution in [3.63, 3.8) is 0 Å². The number of carboxylic acids is 1. The van der Waals surface area contributed by atoms with Crippen molar-refractivity contribution in [2.75, 3.05) is 19.8 Å². The number of furan rings is 1. The van der Waals surface area contributed by atoms with E-state index in [1.54, 1.807) is 11.0 Å². The fourth-order valence-corrected chi connectivity index (χ4v) is 2.60. The fraction of sp³-hybridized carbons (Fsp3) is 0.600. The Morgan fingerprint density at radius 1 is 1.38 bits per heavy atom. The van der Waals surface area contributed by atoms with Gasteiger partial charge in [-0.3, -0.25) is 9.59 Å². The Labute approximate surface area is 123 Å². The van der Waals surface area contributed by atoms with Gasteiger partial charge in [-0.2, -0.15) is 0 Å². The van der Waals surface area contributed by atoms with Crippen LogP contribution in [-0.2, 0) is 22.4 Å². The summed E-state index contributed by atoms with van der Waals surface area (Å²) in [5.41, 5.74) is 1.03. The summed E-state index contributed by atoms with van der Waals surface area (Å²) in [6.07, 6.45) is 1.42. The largest absolute Gasteiger partial charge is 0.481 e. The van der Waals surface area contributed by atoms with Crippen LogP contribution in [0.25, 0.3) is 0 Å². The first-order valence-electron chi connectivity index (χ1n) is 7.28. The zero-order valence-corrected chi connectivity index (χ0v) is 12.4. The van der Waals surface area contributed by atoms with Gasteiger partial charge in [0.2, 0.25) is 0 Å². The number of morpholine rings is 1. The molecule has 0 radical (unpaired) electrons. The standard InChI is InChI=1S/C15H21NO5/c1-3-10-7-13(21-12(10)4-2)15(19)16-5-6-20-9-11(16)8-14(17)18/h7,11H,3-6,8-9H2,1-2H3,(H,17,18). The van der Waals surface area contributed by atoms with Crippen molar-refractivity contribution in [1.29, 1.82) is 0 Å². The zero-order valence-electron chi connectivity index (χ0n) is 12.4. The van der Waals surface area contributed by atoms with Crippen molar-refractivity contribution >= 4 is 11.9 Å². The maximum absolute atomic E-state index is 12.6. The van der Waals surface area contributed by atoms with Gasteiger partial charge in [-0.15, -0.1) is 0 Å². The second kappa shape index (κ2) is 6.76. The minimum Gasteiger partial charge on any atom is -0.481 e. The Morgan fingerprint density at radius 3 is 2.71 bits per heavy atom. The lowest BCUT2D eigenvalue weighted by atomic mass is 10.1. The molecule has 6 heteroatoms. The molecule has 1 N–H and O–H groups in total. The minimum absolute atomic E-state index is 0.117. The quantitative estimate of drug-likeness (QED) is 0.894. The van der Waals surface area contributed by atoms with E-state index in [2.05, 4.69) is 0 Å². The van der Waals surface area contributed by atoms with E-state index < -0.39 is 12.0 Å². The molecular weight excluding hydrogens is 274 g/mol. The van der Waals surface area contributed by atoms with E-state index in [0.717, 1.165) is 24.2 Å². The number of carbonyl (C=O) groups is 2. The molecule has 2 heterocycles. The number of amides is 1. The molecule has 2 rings (SSSR count). The lowest BCUT2D eigenvalue weighted by Crippen LogP contribution is -2.49. The number of carboxylic acid groups (broad SMARTS) is 1. The number of aliphatic carboxylic acids is 1. The Hall–Kier alpha value is -1.82. The summed E-state index contributed by atoms with van der Waals surface area (Å²) in [6.45, 7) is 5.05. The van der Waals surface area contributed by atoms with Gasteiger partial charge in [-0.25, -0.2) is 0 Å². The van der Waals surface area contributed by atoms with Gasteiger partial charge < -0.3 is 19.2 Å². The zero-order chi connectivity index (χ0) is 15.4. The van der Waals surface area contributed by atoms with Crippen molar-refractivity contribution in [2.24, 2.45) is 0 Å². The van der Waals surface area contributed by atoms with Crippen molar-refractivity contribution < 1.29 is 23.8 Å². The maximum atomic E-state index is 12.6. The number of rotatable bonds is 5. The van der Waals surface area contributed by atoms with Crippen LogP contribution in [0.4, 0.5) is 0 Å². The van der Waals surface area contributed by atoms with Crippen molar-refractivity contribution in [3.05, 3.63) is 23.2 Å². The molecule has 0 saturated carbocycles. The monoisotopic (exact) mass is 295 g/mol. The molecule has 1 unspecified atom stereocenters. The van der Waals surface area contributed by atoms with E-state index in [9.17, 15) is 9.59 Å². The Balaban J connectivity index is 2.20. The van der Waals surface area contributed by atoms with E-state index >= 15 is 0 Å². The predicted octanol–water partition coefficient (Wildman–Crippen LogP) is 1.72. The summed E-state index contributed by atoms with van der Waals surface area (Å²) in [5, 5.41) is 8.94. The van der Waals surface area contributed by atoms with Crippen LogP contribution in [0, 0.1) is 0 Å². The van der Waals surface area contributed by atoms with E-state index in [-0.39, 0.29) is 18.9 Å². The number of carbonyl (C=O) groups excluding carboxylic acids is 1. The molecule has 1 saturated heterocycles. The van der Waals surface area contributed by atoms with E-state index in [0.29, 0.717) is 18.9 Å². The van der Waals surface area contributed by atoms with Crippen molar-refractivity contribution in [2.45, 2.75) is 39.2 Å². The highest BCUT2D eigenvalue weighted by molar-refractivity contribution is 5.92. The first-order chi connectivity index (χ1) is 10.1. The summed E-state index contributed by atoms with van der Waals surface area (Å²) in [4.78, 5) is 25.0. The van der Waals surface area contributed by atoms with Gasteiger partial charge in [0, 0.05) is 13.0 Å². The van der Waals surface area contributed by atoms with Crippen LogP contribution in [0.5, 0.6) is 0 Å². The molecule has 116 valence electrons. The summed E-state index contributed by atoms with van der Waals surface area (Å²) in [5.74, 6) is -0.0740. The lowest BCUT2D eigenvalue weighted by molar-refractivity contribution is -0.139. The first-order valence-corrected chi connectivity index (χ1v) is 7.28. The maximum Gasteiger partial charge on any atom is 0.305 e. The number of nitrogens with zero attached hydrogens (tertiary/aromatic N) is 1. The van der Waals surface area contributed by atoms with Gasteiger partial charge in [0.05, 0.1) is 25.7 Å². The van der Waals surface area contributed by atoms with Crippen LogP contribution >= 0.6 is 0 Å². The molecule has 0 aromatic carbocycles. The smallest absolute Gasteiger partial charge is 0.305 e. The Kier molecular flexibility index (Phi) is 5.01. The second-order valence-corrected chi connectivity index (χ2v) is 5.09. The van der Waals surface area contributed by atoms with E-state index in [1.165, 1.54) is 0 Å². The van der Waals surface area contributed by atoms with Crippen LogP contribution in [0.2, 0.25) is 0 Å². The van der Waals surface area contributed by atoms with Gasteiger partial charge in [-0.1, -0.05) is 13.8 Å². The molecule has 1 aromatic heterocycles. The number of aryl methyl sites for hydroxylation is 2. The van der Waals surface area contributed by atoms with Crippen LogP contribution in [-0.4, -0.2) is 47.7 Å². The summed E-state index contributed by atoms with van der Waals surface area (Å²) in [7, 11) is 0. The summed E-state index contributed by atoms with van der Waals surface area (Å²) in [6, 6.07) is 1.33. The minimum atomic E-state index is -0.939. The molecule has 21 heavy (non-hydrogen) atoms. The van der Waals surface area contributed by atoms with Crippen LogP contribution in [0.1, 0.15) is 42.1 Å². The lowest BCUT2D eigenvalue weighted by Gasteiger charge is -2.34. The van der Waals surface area contributed by atoms with Gasteiger partial charge in [0.1, 0.15) is 5.76 Å². The molecule has 0 aliphatic carbocycles. The molecule has 6 nitrogen and oxygen atoms in total. The predicted molar refractivity (Wildman–Crippen MR) is 75.4 cm³/mol. The molecule has 0 bridgehead atoms. The molecule has 1 aliphatic rings. The number of hydrogen-bond acceptors (Lipinski definition) is 4. The first kappa shape index (κ1) is 15.6. The van der Waals surface area contributed by atoms with Crippen LogP contribution < -0.4 is 0 Å². The highest BCUT2D eigenvalue weighted by Gasteiger charge is 2.31. The topological polar surface area (TPSA) is 80.0 Å². The van der Waals surface area contributed by atoms with Gasteiger partial charge in [0.25, 0.3) is 5.91 Å². The second-order valence-electron chi connectivity index (χ2n) is 5.09. The molecule has 1 aromatic rings. The van der Waals surface area contributed by atoms with Crippen molar-refractivity contribution in [1.82, 2.24) is 4.90 Å². The van der Waals surface area contributed by atoms with Crippen molar-refractivity contribution in [3.8, 4) is 0 Å². The molecule has 1 fully saturated rings. The highest BCUT2D eigenvalue weighted by atomic mass is 16.5. The molecule has 1 atom stereocenters. The average molecular weight is 295 g/mol. The molecule has 1 amide bonds. The SMILES string of the molecule is CCc1cc(C(=O)N2CCOCC2CC(=O)O)oc1CC. The summed E-state index contributed by atoms with van der Waals surface area (Å²) >= 11 is 0. The normalized spacial score (nSPS) is 18.8. The average Bonchev–Trinajstić information content (AvgIpc) is 2.89. The molecule has 0 spiro atoms. The molecular formula is C15H21NO5. The Bertz CT molecular complexity index is 501. The third-order valence-corrected chi connectivity index (χ3v) is 3.71. The number of hydrogen-bond donors (Lipinski definition) is 1. The van der Waals surface area contributed by atoms with Crippen LogP contribution in [0.3, 0.4) is 0 Å². The van der Waals surface area contributed by atoms with E-state index in [1.807, 2.05) is 13.8 Å². The number of ether oxygens (including phenoxy) is 1. The van der Waals surface area contributed by atoms with E-state index in [4.69, 9.17) is 14.3 Å². The third-order valence-electron chi connectivity index (χ3n) is 3.71. The molecule has 1 aliphatic heterocycles. The summed E-state index contributed by atoms with van der Waals surface area (Å²) < 4.78 is 10.9.